The third kappa shape index (κ3) is 4.37. The average molecular weight is 467 g/mol. The minimum atomic E-state index is 0.154. The first-order valence-electron chi connectivity index (χ1n) is 11.3. The minimum absolute atomic E-state index is 0.154. The molecule has 5 rings (SSSR count). The number of nitrogen functional groups attached to an aromatic ring is 1. The van der Waals surface area contributed by atoms with E-state index in [9.17, 15) is 4.79 Å². The van der Waals surface area contributed by atoms with Crippen LogP contribution >= 0.6 is 11.3 Å². The molecule has 0 spiro atoms. The van der Waals surface area contributed by atoms with Gasteiger partial charge in [0.05, 0.1) is 12.2 Å². The molecule has 2 aromatic carbocycles. The summed E-state index contributed by atoms with van der Waals surface area (Å²) in [5.74, 6) is 0.675. The minimum Gasteiger partial charge on any atom is -0.383 e. The van der Waals surface area contributed by atoms with Gasteiger partial charge in [0.15, 0.2) is 5.78 Å². The average Bonchev–Trinajstić information content (AvgIpc) is 3.44. The van der Waals surface area contributed by atoms with Crippen molar-refractivity contribution >= 4 is 33.7 Å². The van der Waals surface area contributed by atoms with Gasteiger partial charge in [-0.25, -0.2) is 9.97 Å². The summed E-state index contributed by atoms with van der Waals surface area (Å²) < 4.78 is 2.18. The number of carbonyl (C=O) groups is 1. The summed E-state index contributed by atoms with van der Waals surface area (Å²) in [5, 5.41) is 5.11. The summed E-state index contributed by atoms with van der Waals surface area (Å²) in [6.45, 7) is 4.73. The van der Waals surface area contributed by atoms with Crippen molar-refractivity contribution in [3.05, 3.63) is 100 Å². The van der Waals surface area contributed by atoms with E-state index in [1.165, 1.54) is 0 Å². The Balaban J connectivity index is 1.30. The molecule has 5 aromatic rings. The lowest BCUT2D eigenvalue weighted by Gasteiger charge is -2.08. The van der Waals surface area contributed by atoms with Crippen LogP contribution in [0.5, 0.6) is 0 Å². The second-order valence-corrected chi connectivity index (χ2v) is 9.41. The fourth-order valence-corrected chi connectivity index (χ4v) is 5.18. The summed E-state index contributed by atoms with van der Waals surface area (Å²) in [6.07, 6.45) is 2.83. The summed E-state index contributed by atoms with van der Waals surface area (Å²) >= 11 is 1.65. The van der Waals surface area contributed by atoms with Crippen LogP contribution in [0.1, 0.15) is 39.4 Å². The van der Waals surface area contributed by atoms with Gasteiger partial charge >= 0.3 is 0 Å². The molecule has 3 heterocycles. The number of hydrogen-bond acceptors (Lipinski definition) is 5. The number of thiazole rings is 1. The predicted octanol–water partition coefficient (Wildman–Crippen LogP) is 6.22. The summed E-state index contributed by atoms with van der Waals surface area (Å²) in [5.41, 5.74) is 12.1. The molecule has 5 nitrogen and oxygen atoms in total. The highest BCUT2D eigenvalue weighted by Crippen LogP contribution is 2.26. The molecule has 0 saturated carbocycles. The van der Waals surface area contributed by atoms with Crippen molar-refractivity contribution in [3.8, 4) is 10.6 Å². The Kier molecular flexibility index (Phi) is 5.99. The number of pyridine rings is 1. The fraction of sp³-hybridized carbons (Fsp3) is 0.179. The van der Waals surface area contributed by atoms with E-state index in [2.05, 4.69) is 33.1 Å². The number of ketones is 1. The molecular formula is C28H26N4OS. The second kappa shape index (κ2) is 9.23. The van der Waals surface area contributed by atoms with Crippen LogP contribution in [0, 0.1) is 13.8 Å². The number of nitrogens with two attached hydrogens (primary N) is 1. The van der Waals surface area contributed by atoms with Gasteiger partial charge in [0, 0.05) is 45.9 Å². The molecule has 0 aliphatic rings. The predicted molar refractivity (Wildman–Crippen MR) is 139 cm³/mol. The van der Waals surface area contributed by atoms with Gasteiger partial charge in [-0.1, -0.05) is 42.5 Å². The Morgan fingerprint density at radius 1 is 1.06 bits per heavy atom. The second-order valence-electron chi connectivity index (χ2n) is 8.56. The lowest BCUT2D eigenvalue weighted by atomic mass is 10.0. The molecule has 2 N–H and O–H groups in total. The van der Waals surface area contributed by atoms with Crippen molar-refractivity contribution in [1.29, 1.82) is 0 Å². The highest BCUT2D eigenvalue weighted by atomic mass is 32.1. The third-order valence-electron chi connectivity index (χ3n) is 6.27. The first-order chi connectivity index (χ1) is 16.5. The molecule has 0 unspecified atom stereocenters. The van der Waals surface area contributed by atoms with E-state index < -0.39 is 0 Å². The molecular weight excluding hydrogens is 440 g/mol. The van der Waals surface area contributed by atoms with E-state index in [1.807, 2.05) is 56.3 Å². The van der Waals surface area contributed by atoms with Crippen LogP contribution in [-0.4, -0.2) is 20.3 Å². The molecule has 0 aliphatic heterocycles. The summed E-state index contributed by atoms with van der Waals surface area (Å²) in [6, 6.07) is 20.3. The van der Waals surface area contributed by atoms with Gasteiger partial charge in [0.1, 0.15) is 10.8 Å². The lowest BCUT2D eigenvalue weighted by Crippen LogP contribution is -2.07. The maximum Gasteiger partial charge on any atom is 0.165 e. The van der Waals surface area contributed by atoms with Crippen LogP contribution in [0.25, 0.3) is 21.3 Å². The van der Waals surface area contributed by atoms with Crippen LogP contribution in [0.2, 0.25) is 0 Å². The number of anilines is 1. The first-order valence-corrected chi connectivity index (χ1v) is 12.2. The Hall–Kier alpha value is -3.77. The summed E-state index contributed by atoms with van der Waals surface area (Å²) in [7, 11) is 0. The first kappa shape index (κ1) is 22.0. The zero-order chi connectivity index (χ0) is 23.7. The lowest BCUT2D eigenvalue weighted by molar-refractivity contribution is 0.0982. The van der Waals surface area contributed by atoms with Crippen molar-refractivity contribution in [2.45, 2.75) is 33.2 Å². The van der Waals surface area contributed by atoms with Gasteiger partial charge < -0.3 is 10.3 Å². The van der Waals surface area contributed by atoms with Gasteiger partial charge in [-0.3, -0.25) is 4.79 Å². The van der Waals surface area contributed by atoms with E-state index in [4.69, 9.17) is 10.7 Å². The zero-order valence-electron chi connectivity index (χ0n) is 19.3. The molecule has 0 saturated heterocycles. The van der Waals surface area contributed by atoms with E-state index in [0.717, 1.165) is 49.6 Å². The van der Waals surface area contributed by atoms with E-state index in [1.54, 1.807) is 17.5 Å². The SMILES string of the molecule is Cc1cc(C(=O)CCc2ccc3ccnc(N)c3c2)c(C)n1Cc1csc(-c2ccccc2)n1. The molecule has 0 amide bonds. The zero-order valence-corrected chi connectivity index (χ0v) is 20.1. The quantitative estimate of drug-likeness (QED) is 0.289. The van der Waals surface area contributed by atoms with Crippen LogP contribution in [0.4, 0.5) is 5.82 Å². The van der Waals surface area contributed by atoms with Crippen LogP contribution in [-0.2, 0) is 13.0 Å². The Labute approximate surface area is 202 Å². The number of fused-ring (bicyclic) bond motifs is 1. The van der Waals surface area contributed by atoms with Crippen molar-refractivity contribution < 1.29 is 4.79 Å². The van der Waals surface area contributed by atoms with Crippen molar-refractivity contribution in [3.63, 3.8) is 0 Å². The Bertz CT molecular complexity index is 1480. The number of benzene rings is 2. The molecule has 6 heteroatoms. The van der Waals surface area contributed by atoms with E-state index in [-0.39, 0.29) is 5.78 Å². The molecule has 170 valence electrons. The highest BCUT2D eigenvalue weighted by Gasteiger charge is 2.17. The number of aryl methyl sites for hydroxylation is 2. The van der Waals surface area contributed by atoms with Crippen LogP contribution in [0.3, 0.4) is 0 Å². The van der Waals surface area contributed by atoms with Crippen LogP contribution < -0.4 is 5.73 Å². The Morgan fingerprint density at radius 2 is 1.88 bits per heavy atom. The maximum absolute atomic E-state index is 13.1. The molecule has 3 aromatic heterocycles. The molecule has 0 bridgehead atoms. The summed E-state index contributed by atoms with van der Waals surface area (Å²) in [4.78, 5) is 22.1. The van der Waals surface area contributed by atoms with Gasteiger partial charge in [0.2, 0.25) is 0 Å². The van der Waals surface area contributed by atoms with Gasteiger partial charge in [-0.2, -0.15) is 0 Å². The topological polar surface area (TPSA) is 73.8 Å². The third-order valence-corrected chi connectivity index (χ3v) is 7.21. The van der Waals surface area contributed by atoms with Crippen LogP contribution in [0.15, 0.2) is 72.2 Å². The van der Waals surface area contributed by atoms with Gasteiger partial charge in [0.25, 0.3) is 0 Å². The maximum atomic E-state index is 13.1. The fourth-order valence-electron chi connectivity index (χ4n) is 4.37. The number of hydrogen-bond donors (Lipinski definition) is 1. The molecule has 34 heavy (non-hydrogen) atoms. The number of Topliss-reactive ketones (excluding diaryl/α,β-unsaturated/α-hetero) is 1. The standard InChI is InChI=1S/C28H26N4OS/c1-18-14-24(26(33)11-9-20-8-10-21-12-13-30-27(29)25(21)15-20)19(2)32(18)16-23-17-34-28(31-23)22-6-4-3-5-7-22/h3-8,10,12-15,17H,9,11,16H2,1-2H3,(H2,29,30). The smallest absolute Gasteiger partial charge is 0.165 e. The number of nitrogens with zero attached hydrogens (tertiary/aromatic N) is 3. The number of rotatable bonds is 7. The number of carbonyl (C=O) groups excluding carboxylic acids is 1. The molecule has 0 atom stereocenters. The Morgan fingerprint density at radius 3 is 2.71 bits per heavy atom. The van der Waals surface area contributed by atoms with E-state index >= 15 is 0 Å². The highest BCUT2D eigenvalue weighted by molar-refractivity contribution is 7.13. The largest absolute Gasteiger partial charge is 0.383 e. The van der Waals surface area contributed by atoms with Gasteiger partial charge in [-0.05, 0) is 49.4 Å². The molecule has 0 radical (unpaired) electrons. The monoisotopic (exact) mass is 466 g/mol. The van der Waals surface area contributed by atoms with Crippen molar-refractivity contribution in [2.24, 2.45) is 0 Å². The van der Waals surface area contributed by atoms with Crippen molar-refractivity contribution in [2.75, 3.05) is 5.73 Å². The molecule has 0 fully saturated rings. The normalized spacial score (nSPS) is 11.2. The molecule has 0 aliphatic carbocycles. The number of aromatic nitrogens is 3. The van der Waals surface area contributed by atoms with Gasteiger partial charge in [-0.15, -0.1) is 11.3 Å². The van der Waals surface area contributed by atoms with E-state index in [0.29, 0.717) is 25.2 Å². The van der Waals surface area contributed by atoms with Crippen molar-refractivity contribution in [1.82, 2.24) is 14.5 Å².